The molecule has 0 radical (unpaired) electrons. The quantitative estimate of drug-likeness (QED) is 0.932. The van der Waals surface area contributed by atoms with Crippen LogP contribution in [0.2, 0.25) is 0 Å². The average molecular weight is 339 g/mol. The number of carbonyl (C=O) groups excluding carboxylic acids is 1. The van der Waals surface area contributed by atoms with Gasteiger partial charge in [0.2, 0.25) is 0 Å². The average Bonchev–Trinajstić information content (AvgIpc) is 2.85. The third kappa shape index (κ3) is 2.98. The van der Waals surface area contributed by atoms with Crippen molar-refractivity contribution in [1.82, 2.24) is 14.3 Å². The molecule has 0 aliphatic heterocycles. The highest BCUT2D eigenvalue weighted by Gasteiger charge is 2.13. The van der Waals surface area contributed by atoms with Crippen molar-refractivity contribution in [2.75, 3.05) is 5.32 Å². The van der Waals surface area contributed by atoms with Crippen LogP contribution in [0, 0.1) is 0 Å². The number of aromatic nitrogens is 3. The van der Waals surface area contributed by atoms with E-state index in [1.807, 2.05) is 13.8 Å². The molecule has 2 aromatic rings. The van der Waals surface area contributed by atoms with Gasteiger partial charge in [0, 0.05) is 30.0 Å². The highest BCUT2D eigenvalue weighted by molar-refractivity contribution is 9.10. The summed E-state index contributed by atoms with van der Waals surface area (Å²) in [4.78, 5) is 24.0. The van der Waals surface area contributed by atoms with Crippen molar-refractivity contribution in [3.05, 3.63) is 45.0 Å². The summed E-state index contributed by atoms with van der Waals surface area (Å²) in [6.07, 6.45) is 4.77. The maximum atomic E-state index is 12.1. The largest absolute Gasteiger partial charge is 0.317 e. The Hall–Kier alpha value is -1.89. The molecule has 0 spiro atoms. The van der Waals surface area contributed by atoms with Crippen molar-refractivity contribution in [2.45, 2.75) is 19.9 Å². The maximum Gasteiger partial charge on any atom is 0.274 e. The number of aryl methyl sites for hydroxylation is 1. The molecule has 0 aromatic carbocycles. The number of nitrogens with one attached hydrogen (secondary N) is 1. The van der Waals surface area contributed by atoms with Gasteiger partial charge in [0.25, 0.3) is 11.5 Å². The van der Waals surface area contributed by atoms with Crippen LogP contribution in [0.15, 0.2) is 33.9 Å². The molecule has 0 aliphatic carbocycles. The minimum atomic E-state index is -0.355. The molecule has 7 heteroatoms. The summed E-state index contributed by atoms with van der Waals surface area (Å²) in [5, 5.41) is 6.70. The summed E-state index contributed by atoms with van der Waals surface area (Å²) >= 11 is 3.29. The van der Waals surface area contributed by atoms with E-state index in [2.05, 4.69) is 26.3 Å². The van der Waals surface area contributed by atoms with Gasteiger partial charge in [0.15, 0.2) is 0 Å². The minimum absolute atomic E-state index is 0.176. The number of hydrogen-bond donors (Lipinski definition) is 1. The normalized spacial score (nSPS) is 10.8. The van der Waals surface area contributed by atoms with E-state index in [-0.39, 0.29) is 23.2 Å². The van der Waals surface area contributed by atoms with E-state index in [1.165, 1.54) is 10.8 Å². The third-order valence-electron chi connectivity index (χ3n) is 2.79. The number of rotatable bonds is 3. The van der Waals surface area contributed by atoms with Crippen molar-refractivity contribution in [1.29, 1.82) is 0 Å². The van der Waals surface area contributed by atoms with Gasteiger partial charge in [-0.1, -0.05) is 0 Å². The molecule has 0 atom stereocenters. The fraction of sp³-hybridized carbons (Fsp3) is 0.308. The van der Waals surface area contributed by atoms with E-state index in [0.717, 1.165) is 0 Å². The summed E-state index contributed by atoms with van der Waals surface area (Å²) in [5.41, 5.74) is 0.378. The second kappa shape index (κ2) is 5.62. The highest BCUT2D eigenvalue weighted by atomic mass is 79.9. The number of nitrogens with zero attached hydrogens (tertiary/aromatic N) is 3. The van der Waals surface area contributed by atoms with Crippen molar-refractivity contribution in [3.63, 3.8) is 0 Å². The Balaban J connectivity index is 2.25. The predicted molar refractivity (Wildman–Crippen MR) is 79.9 cm³/mol. The number of halogens is 1. The van der Waals surface area contributed by atoms with Gasteiger partial charge in [-0.15, -0.1) is 0 Å². The number of carbonyl (C=O) groups is 1. The number of amides is 1. The SMILES string of the molecule is CC(C)n1cc(C(=O)Nc2cc(Br)cn(C)c2=O)cn1. The molecule has 0 fully saturated rings. The van der Waals surface area contributed by atoms with Crippen LogP contribution >= 0.6 is 15.9 Å². The first-order valence-corrected chi connectivity index (χ1v) is 6.89. The zero-order valence-corrected chi connectivity index (χ0v) is 13.0. The second-order valence-corrected chi connectivity index (χ2v) is 5.66. The van der Waals surface area contributed by atoms with Crippen LogP contribution < -0.4 is 10.9 Å². The van der Waals surface area contributed by atoms with E-state index in [9.17, 15) is 9.59 Å². The van der Waals surface area contributed by atoms with Gasteiger partial charge < -0.3 is 9.88 Å². The van der Waals surface area contributed by atoms with Gasteiger partial charge in [-0.25, -0.2) is 0 Å². The van der Waals surface area contributed by atoms with E-state index in [4.69, 9.17) is 0 Å². The smallest absolute Gasteiger partial charge is 0.274 e. The van der Waals surface area contributed by atoms with Crippen molar-refractivity contribution >= 4 is 27.5 Å². The maximum absolute atomic E-state index is 12.1. The Morgan fingerprint density at radius 1 is 1.40 bits per heavy atom. The van der Waals surface area contributed by atoms with Crippen LogP contribution in [0.5, 0.6) is 0 Å². The Bertz CT molecular complexity index is 703. The Labute approximate surface area is 124 Å². The van der Waals surface area contributed by atoms with Gasteiger partial charge in [-0.2, -0.15) is 5.10 Å². The fourth-order valence-corrected chi connectivity index (χ4v) is 2.23. The van der Waals surface area contributed by atoms with Crippen LogP contribution in [-0.4, -0.2) is 20.3 Å². The summed E-state index contributed by atoms with van der Waals surface area (Å²) in [7, 11) is 1.62. The third-order valence-corrected chi connectivity index (χ3v) is 3.22. The lowest BCUT2D eigenvalue weighted by molar-refractivity contribution is 0.102. The molecular weight excluding hydrogens is 324 g/mol. The zero-order valence-electron chi connectivity index (χ0n) is 11.4. The van der Waals surface area contributed by atoms with Crippen molar-refractivity contribution < 1.29 is 4.79 Å². The van der Waals surface area contributed by atoms with E-state index < -0.39 is 0 Å². The fourth-order valence-electron chi connectivity index (χ4n) is 1.69. The van der Waals surface area contributed by atoms with E-state index in [0.29, 0.717) is 10.0 Å². The van der Waals surface area contributed by atoms with Crippen LogP contribution in [-0.2, 0) is 7.05 Å². The van der Waals surface area contributed by atoms with Crippen LogP contribution in [0.4, 0.5) is 5.69 Å². The highest BCUT2D eigenvalue weighted by Crippen LogP contribution is 2.13. The second-order valence-electron chi connectivity index (χ2n) is 4.74. The van der Waals surface area contributed by atoms with Crippen LogP contribution in [0.1, 0.15) is 30.2 Å². The summed E-state index contributed by atoms with van der Waals surface area (Å²) < 4.78 is 3.80. The van der Waals surface area contributed by atoms with Gasteiger partial charge in [0.1, 0.15) is 5.69 Å². The molecule has 2 aromatic heterocycles. The molecule has 1 N–H and O–H groups in total. The molecule has 106 valence electrons. The van der Waals surface area contributed by atoms with Gasteiger partial charge >= 0.3 is 0 Å². The monoisotopic (exact) mass is 338 g/mol. The number of pyridine rings is 1. The number of anilines is 1. The van der Waals surface area contributed by atoms with Crippen molar-refractivity contribution in [3.8, 4) is 0 Å². The first-order chi connectivity index (χ1) is 9.38. The van der Waals surface area contributed by atoms with Gasteiger partial charge in [-0.05, 0) is 35.8 Å². The zero-order chi connectivity index (χ0) is 14.9. The minimum Gasteiger partial charge on any atom is -0.317 e. The molecular formula is C13H15BrN4O2. The summed E-state index contributed by atoms with van der Waals surface area (Å²) in [5.74, 6) is -0.355. The topological polar surface area (TPSA) is 68.9 Å². The molecule has 0 aliphatic rings. The molecule has 6 nitrogen and oxygen atoms in total. The molecule has 0 saturated carbocycles. The standard InChI is InChI=1S/C13H15BrN4O2/c1-8(2)18-6-9(5-15-18)12(19)16-11-4-10(14)7-17(3)13(11)20/h4-8H,1-3H3,(H,16,19). The van der Waals surface area contributed by atoms with Crippen molar-refractivity contribution in [2.24, 2.45) is 7.05 Å². The summed E-state index contributed by atoms with van der Waals surface area (Å²) in [6, 6.07) is 1.75. The first-order valence-electron chi connectivity index (χ1n) is 6.10. The molecule has 2 heterocycles. The summed E-state index contributed by atoms with van der Waals surface area (Å²) in [6.45, 7) is 3.94. The Kier molecular flexibility index (Phi) is 4.08. The van der Waals surface area contributed by atoms with Gasteiger partial charge in [0.05, 0.1) is 11.8 Å². The molecule has 2 rings (SSSR count). The van der Waals surface area contributed by atoms with E-state index in [1.54, 1.807) is 30.2 Å². The molecule has 20 heavy (non-hydrogen) atoms. The van der Waals surface area contributed by atoms with E-state index >= 15 is 0 Å². The lowest BCUT2D eigenvalue weighted by Gasteiger charge is -2.06. The van der Waals surface area contributed by atoms with Crippen LogP contribution in [0.25, 0.3) is 0 Å². The Morgan fingerprint density at radius 2 is 2.10 bits per heavy atom. The lowest BCUT2D eigenvalue weighted by Crippen LogP contribution is -2.23. The Morgan fingerprint density at radius 3 is 2.70 bits per heavy atom. The number of hydrogen-bond acceptors (Lipinski definition) is 3. The van der Waals surface area contributed by atoms with Crippen LogP contribution in [0.3, 0.4) is 0 Å². The molecule has 0 unspecified atom stereocenters. The van der Waals surface area contributed by atoms with Gasteiger partial charge in [-0.3, -0.25) is 14.3 Å². The molecule has 0 bridgehead atoms. The molecule has 0 saturated heterocycles. The first kappa shape index (κ1) is 14.5. The lowest BCUT2D eigenvalue weighted by atomic mass is 10.3. The molecule has 1 amide bonds. The predicted octanol–water partition coefficient (Wildman–Crippen LogP) is 2.18.